The van der Waals surface area contributed by atoms with Gasteiger partial charge in [-0.25, -0.2) is 9.55 Å². The number of benzene rings is 1. The Balaban J connectivity index is 1.75. The van der Waals surface area contributed by atoms with Crippen molar-refractivity contribution in [2.45, 2.75) is 52.0 Å². The summed E-state index contributed by atoms with van der Waals surface area (Å²) in [6, 6.07) is 3.59. The van der Waals surface area contributed by atoms with Crippen LogP contribution in [0.2, 0.25) is 5.02 Å². The molecule has 2 aromatic heterocycles. The van der Waals surface area contributed by atoms with E-state index in [4.69, 9.17) is 16.1 Å². The molecule has 1 aliphatic rings. The molecule has 0 saturated carbocycles. The molecule has 3 heterocycles. The van der Waals surface area contributed by atoms with Gasteiger partial charge in [0.05, 0.1) is 22.8 Å². The van der Waals surface area contributed by atoms with Crippen molar-refractivity contribution in [1.82, 2.24) is 24.9 Å². The summed E-state index contributed by atoms with van der Waals surface area (Å²) in [6.45, 7) is 5.22. The number of aromatic nitrogens is 3. The van der Waals surface area contributed by atoms with E-state index in [2.05, 4.69) is 20.8 Å². The van der Waals surface area contributed by atoms with Gasteiger partial charge in [0.25, 0.3) is 17.4 Å². The van der Waals surface area contributed by atoms with Crippen molar-refractivity contribution in [2.24, 2.45) is 0 Å². The quantitative estimate of drug-likeness (QED) is 0.495. The van der Waals surface area contributed by atoms with Crippen molar-refractivity contribution in [1.29, 1.82) is 0 Å². The van der Waals surface area contributed by atoms with Crippen LogP contribution >= 0.6 is 11.6 Å². The minimum Gasteiger partial charge on any atom is -0.354 e. The maximum Gasteiger partial charge on any atom is 0.417 e. The maximum atomic E-state index is 13.6. The van der Waals surface area contributed by atoms with Crippen LogP contribution in [0.4, 0.5) is 19.1 Å². The molecule has 2 amide bonds. The SMILES string of the molecule is CNC(=O)c1cc(-n2c(NC(C)C)nc3c(c2=O)C[C@@H](C)N(C(=O)c2ccc(Cl)c(C(F)(F)F)c2)C3)on1. The van der Waals surface area contributed by atoms with Gasteiger partial charge >= 0.3 is 6.18 Å². The summed E-state index contributed by atoms with van der Waals surface area (Å²) in [7, 11) is 1.43. The summed E-state index contributed by atoms with van der Waals surface area (Å²) in [5, 5.41) is 8.67. The van der Waals surface area contributed by atoms with Gasteiger partial charge in [-0.2, -0.15) is 13.2 Å². The van der Waals surface area contributed by atoms with Crippen molar-refractivity contribution in [3.8, 4) is 5.88 Å². The van der Waals surface area contributed by atoms with E-state index < -0.39 is 40.2 Å². The minimum atomic E-state index is -4.73. The smallest absolute Gasteiger partial charge is 0.354 e. The van der Waals surface area contributed by atoms with E-state index in [9.17, 15) is 27.6 Å². The van der Waals surface area contributed by atoms with E-state index in [0.717, 1.165) is 16.7 Å². The highest BCUT2D eigenvalue weighted by atomic mass is 35.5. The van der Waals surface area contributed by atoms with E-state index >= 15 is 0 Å². The number of alkyl halides is 3. The molecule has 4 rings (SSSR count). The molecule has 1 aliphatic heterocycles. The fraction of sp³-hybridized carbons (Fsp3) is 0.375. The molecule has 0 saturated heterocycles. The molecule has 38 heavy (non-hydrogen) atoms. The van der Waals surface area contributed by atoms with Crippen molar-refractivity contribution >= 4 is 29.4 Å². The van der Waals surface area contributed by atoms with E-state index in [1.165, 1.54) is 24.1 Å². The lowest BCUT2D eigenvalue weighted by molar-refractivity contribution is -0.137. The highest BCUT2D eigenvalue weighted by Crippen LogP contribution is 2.36. The van der Waals surface area contributed by atoms with E-state index in [-0.39, 0.29) is 47.8 Å². The molecule has 1 aromatic carbocycles. The van der Waals surface area contributed by atoms with Crippen molar-refractivity contribution < 1.29 is 27.3 Å². The topological polar surface area (TPSA) is 122 Å². The van der Waals surface area contributed by atoms with Gasteiger partial charge in [-0.05, 0) is 45.4 Å². The highest BCUT2D eigenvalue weighted by Gasteiger charge is 2.36. The Bertz CT molecular complexity index is 1470. The minimum absolute atomic E-state index is 0.0287. The first-order valence-electron chi connectivity index (χ1n) is 11.6. The normalized spacial score (nSPS) is 15.4. The lowest BCUT2D eigenvalue weighted by Crippen LogP contribution is -2.46. The molecule has 0 unspecified atom stereocenters. The Morgan fingerprint density at radius 2 is 1.95 bits per heavy atom. The van der Waals surface area contributed by atoms with Gasteiger partial charge < -0.3 is 20.1 Å². The lowest BCUT2D eigenvalue weighted by atomic mass is 9.98. The second-order valence-corrected chi connectivity index (χ2v) is 9.52. The van der Waals surface area contributed by atoms with Gasteiger partial charge in [0.1, 0.15) is 0 Å². The molecule has 0 bridgehead atoms. The van der Waals surface area contributed by atoms with E-state index in [1.807, 2.05) is 13.8 Å². The molecule has 0 radical (unpaired) electrons. The van der Waals surface area contributed by atoms with Gasteiger partial charge in [0, 0.05) is 36.3 Å². The van der Waals surface area contributed by atoms with Crippen molar-refractivity contribution in [3.05, 3.63) is 67.7 Å². The summed E-state index contributed by atoms with van der Waals surface area (Å²) in [6.07, 6.45) is -4.64. The molecule has 1 atom stereocenters. The first-order chi connectivity index (χ1) is 17.8. The first-order valence-corrected chi connectivity index (χ1v) is 12.0. The number of halogens is 4. The monoisotopic (exact) mass is 552 g/mol. The van der Waals surface area contributed by atoms with Gasteiger partial charge in [0.2, 0.25) is 11.8 Å². The fourth-order valence-corrected chi connectivity index (χ4v) is 4.36. The third-order valence-electron chi connectivity index (χ3n) is 5.99. The second kappa shape index (κ2) is 10.1. The van der Waals surface area contributed by atoms with Crippen molar-refractivity contribution in [2.75, 3.05) is 12.4 Å². The van der Waals surface area contributed by atoms with Crippen LogP contribution in [-0.4, -0.2) is 50.6 Å². The number of carbonyl (C=O) groups is 2. The predicted molar refractivity (Wildman–Crippen MR) is 132 cm³/mol. The Morgan fingerprint density at radius 3 is 2.58 bits per heavy atom. The number of carbonyl (C=O) groups excluding carboxylic acids is 2. The molecular formula is C24H24ClF3N6O4. The number of hydrogen-bond donors (Lipinski definition) is 2. The molecular weight excluding hydrogens is 529 g/mol. The molecule has 0 fully saturated rings. The van der Waals surface area contributed by atoms with Gasteiger partial charge in [-0.1, -0.05) is 16.8 Å². The molecule has 0 spiro atoms. The predicted octanol–water partition coefficient (Wildman–Crippen LogP) is 3.66. The molecule has 202 valence electrons. The zero-order valence-electron chi connectivity index (χ0n) is 20.8. The number of fused-ring (bicyclic) bond motifs is 1. The zero-order valence-corrected chi connectivity index (χ0v) is 21.6. The standard InChI is InChI=1S/C24H24ClF3N6O4/c1-11(2)30-23-31-18-10-33(21(36)13-5-6-16(25)15(8-13)24(26,27)28)12(3)7-14(18)22(37)34(23)19-9-17(32-38-19)20(35)29-4/h5-6,8-9,11-12H,7,10H2,1-4H3,(H,29,35)(H,30,31)/t12-/m1/s1. The van der Waals surface area contributed by atoms with Crippen LogP contribution in [0, 0.1) is 0 Å². The Labute approximate surface area is 219 Å². The fourth-order valence-electron chi connectivity index (χ4n) is 4.14. The van der Waals surface area contributed by atoms with Gasteiger partial charge in [-0.15, -0.1) is 0 Å². The van der Waals surface area contributed by atoms with Gasteiger partial charge in [0.15, 0.2) is 5.69 Å². The lowest BCUT2D eigenvalue weighted by Gasteiger charge is -2.34. The number of nitrogens with one attached hydrogen (secondary N) is 2. The number of anilines is 1. The number of hydrogen-bond acceptors (Lipinski definition) is 7. The Morgan fingerprint density at radius 1 is 1.24 bits per heavy atom. The number of amides is 2. The Hall–Kier alpha value is -3.87. The molecule has 2 N–H and O–H groups in total. The van der Waals surface area contributed by atoms with Gasteiger partial charge in [-0.3, -0.25) is 14.4 Å². The maximum absolute atomic E-state index is 13.6. The van der Waals surface area contributed by atoms with Crippen LogP contribution in [0.25, 0.3) is 5.88 Å². The van der Waals surface area contributed by atoms with Crippen LogP contribution in [0.5, 0.6) is 0 Å². The highest BCUT2D eigenvalue weighted by molar-refractivity contribution is 6.31. The summed E-state index contributed by atoms with van der Waals surface area (Å²) in [4.78, 5) is 44.7. The molecule has 0 aliphatic carbocycles. The third-order valence-corrected chi connectivity index (χ3v) is 6.32. The van der Waals surface area contributed by atoms with Crippen LogP contribution in [0.3, 0.4) is 0 Å². The summed E-state index contributed by atoms with van der Waals surface area (Å²) in [5.41, 5.74) is -1.22. The van der Waals surface area contributed by atoms with Crippen LogP contribution in [0.15, 0.2) is 33.6 Å². The first kappa shape index (κ1) is 27.2. The average Bonchev–Trinajstić information content (AvgIpc) is 3.32. The van der Waals surface area contributed by atoms with E-state index in [0.29, 0.717) is 5.56 Å². The van der Waals surface area contributed by atoms with Crippen LogP contribution < -0.4 is 16.2 Å². The third kappa shape index (κ3) is 5.10. The van der Waals surface area contributed by atoms with Crippen LogP contribution in [0.1, 0.15) is 58.4 Å². The average molecular weight is 553 g/mol. The second-order valence-electron chi connectivity index (χ2n) is 9.11. The summed E-state index contributed by atoms with van der Waals surface area (Å²) in [5.74, 6) is -1.09. The summed E-state index contributed by atoms with van der Waals surface area (Å²) >= 11 is 5.70. The van der Waals surface area contributed by atoms with Crippen molar-refractivity contribution in [3.63, 3.8) is 0 Å². The number of nitrogens with zero attached hydrogens (tertiary/aromatic N) is 4. The van der Waals surface area contributed by atoms with E-state index in [1.54, 1.807) is 6.92 Å². The molecule has 3 aromatic rings. The molecule has 14 heteroatoms. The Kier molecular flexibility index (Phi) is 7.24. The largest absolute Gasteiger partial charge is 0.417 e. The summed E-state index contributed by atoms with van der Waals surface area (Å²) < 4.78 is 46.5. The zero-order chi connectivity index (χ0) is 27.9. The molecule has 10 nitrogen and oxygen atoms in total. The number of rotatable bonds is 5. The van der Waals surface area contributed by atoms with Crippen LogP contribution in [-0.2, 0) is 19.1 Å².